The van der Waals surface area contributed by atoms with Gasteiger partial charge in [-0.05, 0) is 321 Å². The van der Waals surface area contributed by atoms with E-state index in [4.69, 9.17) is 0 Å². The molecule has 0 heterocycles. The highest BCUT2D eigenvalue weighted by molar-refractivity contribution is 5.93. The van der Waals surface area contributed by atoms with Gasteiger partial charge in [-0.15, -0.1) is 0 Å². The molecule has 0 aliphatic carbocycles. The fraction of sp³-hybridized carbons (Fsp3) is 0.264. The summed E-state index contributed by atoms with van der Waals surface area (Å²) in [5, 5.41) is 16.4. The molecule has 0 N–H and O–H groups in total. The average molecular weight is 1390 g/mol. The molecular weight excluding hydrogens is 1270 g/mol. The zero-order valence-corrected chi connectivity index (χ0v) is 68.6. The van der Waals surface area contributed by atoms with Gasteiger partial charge in [-0.2, -0.15) is 0 Å². The minimum Gasteiger partial charge on any atom is -0.0617 e. The second-order valence-corrected chi connectivity index (χ2v) is 31.2. The van der Waals surface area contributed by atoms with Crippen LogP contribution in [0, 0.1) is 111 Å². The predicted molar refractivity (Wildman–Crippen MR) is 473 cm³/mol. The van der Waals surface area contributed by atoms with Crippen molar-refractivity contribution in [2.24, 2.45) is 0 Å². The Balaban J connectivity index is 0.000000150. The maximum absolute atomic E-state index is 2.42. The number of hydrogen-bond acceptors (Lipinski definition) is 0. The number of rotatable bonds is 6. The monoisotopic (exact) mass is 1390 g/mol. The summed E-state index contributed by atoms with van der Waals surface area (Å²) in [6.07, 6.45) is 0. The molecule has 0 heteroatoms. The van der Waals surface area contributed by atoms with Crippen LogP contribution < -0.4 is 0 Å². The van der Waals surface area contributed by atoms with Crippen molar-refractivity contribution >= 4 is 64.6 Å². The van der Waals surface area contributed by atoms with E-state index in [-0.39, 0.29) is 0 Å². The molecular formula is C106H118. The van der Waals surface area contributed by atoms with Crippen molar-refractivity contribution in [3.05, 3.63) is 366 Å². The van der Waals surface area contributed by atoms with E-state index < -0.39 is 0 Å². The van der Waals surface area contributed by atoms with Gasteiger partial charge in [0.2, 0.25) is 0 Å². The third-order valence-electron chi connectivity index (χ3n) is 21.7. The van der Waals surface area contributed by atoms with Crippen molar-refractivity contribution in [2.75, 3.05) is 0 Å². The van der Waals surface area contributed by atoms with Crippen LogP contribution in [-0.4, -0.2) is 0 Å². The predicted octanol–water partition coefficient (Wildman–Crippen LogP) is 31.5. The van der Waals surface area contributed by atoms with E-state index >= 15 is 0 Å². The first-order chi connectivity index (χ1) is 50.6. The Bertz CT molecular complexity index is 5270. The zero-order valence-electron chi connectivity index (χ0n) is 68.6. The van der Waals surface area contributed by atoms with Gasteiger partial charge in [0, 0.05) is 0 Å². The maximum atomic E-state index is 2.42. The molecule has 0 fully saturated rings. The van der Waals surface area contributed by atoms with Crippen LogP contribution in [0.25, 0.3) is 86.9 Å². The van der Waals surface area contributed by atoms with Gasteiger partial charge in [0.15, 0.2) is 0 Å². The Labute approximate surface area is 638 Å². The Morgan fingerprint density at radius 2 is 0.472 bits per heavy atom. The Morgan fingerprint density at radius 1 is 0.170 bits per heavy atom. The third kappa shape index (κ3) is 19.1. The van der Waals surface area contributed by atoms with E-state index in [2.05, 4.69) is 421 Å². The molecule has 106 heavy (non-hydrogen) atoms. The van der Waals surface area contributed by atoms with Crippen molar-refractivity contribution in [3.8, 4) is 22.3 Å². The normalized spacial score (nSPS) is 11.0. The fourth-order valence-electron chi connectivity index (χ4n) is 15.3. The Morgan fingerprint density at radius 3 is 0.925 bits per heavy atom. The van der Waals surface area contributed by atoms with Crippen molar-refractivity contribution < 1.29 is 0 Å². The summed E-state index contributed by atoms with van der Waals surface area (Å²) in [5.74, 6) is 1.95. The Kier molecular flexibility index (Phi) is 27.3. The summed E-state index contributed by atoms with van der Waals surface area (Å²) < 4.78 is 0. The van der Waals surface area contributed by atoms with Crippen LogP contribution in [0.5, 0.6) is 0 Å². The van der Waals surface area contributed by atoms with Gasteiger partial charge in [0.1, 0.15) is 0 Å². The Hall–Kier alpha value is -10.1. The lowest BCUT2D eigenvalue weighted by molar-refractivity contribution is 0.836. The SMILES string of the molecule is Cc1cc(-c2c(C(C)C)cccc2C(C)C)c(C)c(-c2c(C(C)C)cccc2C(C)C)c1.Cc1cc(C)c2ccccc2c1.Cc1cc(C)c2ccccc2c1C.Cc1cc2ccccc2c(C)c1C.Cc1ccc(C)c2ccccc12.Cc1ccc2c(C)cccc2c1.Cc1cccc2c(C)cccc12. The van der Waals surface area contributed by atoms with Crippen molar-refractivity contribution in [1.29, 1.82) is 0 Å². The molecule has 0 saturated carbocycles. The molecule has 0 unspecified atom stereocenters. The molecule has 0 saturated heterocycles. The van der Waals surface area contributed by atoms with E-state index in [0.29, 0.717) is 23.7 Å². The van der Waals surface area contributed by atoms with Crippen molar-refractivity contribution in [1.82, 2.24) is 0 Å². The maximum Gasteiger partial charge on any atom is -0.0112 e. The van der Waals surface area contributed by atoms with Gasteiger partial charge < -0.3 is 0 Å². The first-order valence-corrected chi connectivity index (χ1v) is 38.7. The summed E-state index contributed by atoms with van der Waals surface area (Å²) in [5.41, 5.74) is 33.5. The quantitative estimate of drug-likeness (QED) is 0.156. The van der Waals surface area contributed by atoms with Crippen LogP contribution in [-0.2, 0) is 0 Å². The van der Waals surface area contributed by atoms with Crippen LogP contribution in [0.3, 0.4) is 0 Å². The molecule has 0 amide bonds. The molecule has 15 aromatic rings. The molecule has 15 aromatic carbocycles. The minimum atomic E-state index is 0.487. The largest absolute Gasteiger partial charge is 0.0617 e. The van der Waals surface area contributed by atoms with Crippen LogP contribution in [0.2, 0.25) is 0 Å². The van der Waals surface area contributed by atoms with Gasteiger partial charge in [-0.1, -0.05) is 321 Å². The van der Waals surface area contributed by atoms with Gasteiger partial charge in [-0.25, -0.2) is 0 Å². The molecule has 0 bridgehead atoms. The van der Waals surface area contributed by atoms with E-state index in [1.165, 1.54) is 198 Å². The van der Waals surface area contributed by atoms with Gasteiger partial charge in [-0.3, -0.25) is 0 Å². The number of aryl methyl sites for hydroxylation is 14. The highest BCUT2D eigenvalue weighted by atomic mass is 14.3. The second kappa shape index (κ2) is 36.2. The summed E-state index contributed by atoms with van der Waals surface area (Å²) >= 11 is 0. The highest BCUT2D eigenvalue weighted by Crippen LogP contribution is 2.45. The molecule has 0 aliphatic heterocycles. The van der Waals surface area contributed by atoms with E-state index in [0.717, 1.165) is 0 Å². The lowest BCUT2D eigenvalue weighted by Gasteiger charge is -2.26. The standard InChI is InChI=1S/C32H42.2C13H14.4C12H12/c1-19(2)25-13-11-14-26(20(3)4)31(25)29-17-23(9)18-30(24(29)10)32-27(21(5)6)15-12-16-28(32)22(7)8;1-9-8-12-6-4-5-7-13(12)11(3)10(9)2;1-9-8-10(2)12-6-4-5-7-13(12)11(9)3;1-9-5-3-8-12-10(2)6-4-7-11(9)12;1-9-6-7-12-10(2)4-3-5-11(12)8-9;1-9-7-10(2)12-6-4-3-5-11(12)8-9;1-9-7-8-10(2)12-6-4-3-5-11(9)12/h11-22H,1-10H3;2*4-8H,1-3H3;4*3-8H,1-2H3. The number of hydrogen-bond donors (Lipinski definition) is 0. The lowest BCUT2D eigenvalue weighted by Crippen LogP contribution is -2.04. The van der Waals surface area contributed by atoms with Crippen LogP contribution >= 0.6 is 0 Å². The fourth-order valence-corrected chi connectivity index (χ4v) is 15.3. The van der Waals surface area contributed by atoms with Gasteiger partial charge >= 0.3 is 0 Å². The second-order valence-electron chi connectivity index (χ2n) is 31.2. The molecule has 0 spiro atoms. The molecule has 0 atom stereocenters. The summed E-state index contributed by atoms with van der Waals surface area (Å²) in [4.78, 5) is 0. The molecule has 0 aromatic heterocycles. The molecule has 0 nitrogen and oxygen atoms in total. The van der Waals surface area contributed by atoms with Crippen LogP contribution in [0.15, 0.2) is 255 Å². The van der Waals surface area contributed by atoms with E-state index in [9.17, 15) is 0 Å². The molecule has 0 aliphatic rings. The third-order valence-corrected chi connectivity index (χ3v) is 21.7. The van der Waals surface area contributed by atoms with Gasteiger partial charge in [0.05, 0.1) is 0 Å². The summed E-state index contributed by atoms with van der Waals surface area (Å²) in [7, 11) is 0. The summed E-state index contributed by atoms with van der Waals surface area (Å²) in [6, 6.07) is 92.1. The number of benzene rings is 15. The highest BCUT2D eigenvalue weighted by Gasteiger charge is 2.23. The minimum absolute atomic E-state index is 0.487. The average Bonchev–Trinajstić information content (AvgIpc) is 0.754. The van der Waals surface area contributed by atoms with Gasteiger partial charge in [0.25, 0.3) is 0 Å². The van der Waals surface area contributed by atoms with Crippen molar-refractivity contribution in [3.63, 3.8) is 0 Å². The topological polar surface area (TPSA) is 0 Å². The van der Waals surface area contributed by atoms with Crippen LogP contribution in [0.1, 0.15) is 190 Å². The number of fused-ring (bicyclic) bond motifs is 6. The first-order valence-electron chi connectivity index (χ1n) is 38.7. The molecule has 15 rings (SSSR count). The van der Waals surface area contributed by atoms with E-state index in [1.54, 1.807) is 0 Å². The molecule has 542 valence electrons. The smallest absolute Gasteiger partial charge is 0.0112 e. The summed E-state index contributed by atoms with van der Waals surface area (Å²) in [6.45, 7) is 53.5. The lowest BCUT2D eigenvalue weighted by atomic mass is 9.79. The van der Waals surface area contributed by atoms with Crippen molar-refractivity contribution in [2.45, 2.75) is 190 Å². The van der Waals surface area contributed by atoms with Crippen LogP contribution in [0.4, 0.5) is 0 Å². The molecule has 0 radical (unpaired) electrons. The zero-order chi connectivity index (χ0) is 76.8. The first kappa shape index (κ1) is 80.0. The van der Waals surface area contributed by atoms with E-state index in [1.807, 2.05) is 0 Å².